The third kappa shape index (κ3) is 14.7. The second-order valence-electron chi connectivity index (χ2n) is 7.34. The van der Waals surface area contributed by atoms with Gasteiger partial charge in [0, 0.05) is 11.1 Å². The second kappa shape index (κ2) is 14.9. The molecule has 0 aromatic heterocycles. The highest BCUT2D eigenvalue weighted by molar-refractivity contribution is 5.87. The summed E-state index contributed by atoms with van der Waals surface area (Å²) < 4.78 is 154. The number of carbonyl (C=O) groups excluding carboxylic acids is 4. The van der Waals surface area contributed by atoms with E-state index >= 15 is 0 Å². The van der Waals surface area contributed by atoms with E-state index in [1.165, 1.54) is 6.92 Å². The average molecular weight is 642 g/mol. The van der Waals surface area contributed by atoms with E-state index in [4.69, 9.17) is 0 Å². The van der Waals surface area contributed by atoms with Crippen molar-refractivity contribution >= 4 is 24.1 Å². The monoisotopic (exact) mass is 642 g/mol. The number of amides is 2. The number of rotatable bonds is 16. The Morgan fingerprint density at radius 3 is 1.60 bits per heavy atom. The number of hydrogen-bond donors (Lipinski definition) is 2. The van der Waals surface area contributed by atoms with Crippen LogP contribution in [0.15, 0.2) is 24.3 Å². The molecule has 0 aliphatic rings. The molecule has 0 aliphatic heterocycles. The fraction of sp³-hybridized carbons (Fsp3) is 0.579. The van der Waals surface area contributed by atoms with Gasteiger partial charge in [-0.1, -0.05) is 13.2 Å². The maximum atomic E-state index is 13.5. The standard InChI is InChI=1S/C19H20F10N2O11/c1-9(2)11(32)36-6-5-30-13(34)37-8-16(22,23)41-19(28,29)42-18(26,27)17(24,25)40-15(20,21)7-38-14(35)31-39-12(33)10(3)4/h1,3,5-8H2,2,4H3,(H,30,34)(H,31,35). The van der Waals surface area contributed by atoms with Crippen molar-refractivity contribution in [1.82, 2.24) is 10.8 Å². The molecule has 42 heavy (non-hydrogen) atoms. The van der Waals surface area contributed by atoms with Crippen molar-refractivity contribution in [3.05, 3.63) is 24.3 Å². The lowest BCUT2D eigenvalue weighted by Crippen LogP contribution is -2.54. The molecule has 0 rings (SSSR count). The minimum absolute atomic E-state index is 0.0417. The number of carbonyl (C=O) groups is 4. The van der Waals surface area contributed by atoms with Crippen LogP contribution in [0.2, 0.25) is 0 Å². The average Bonchev–Trinajstić information content (AvgIpc) is 2.80. The topological polar surface area (TPSA) is 157 Å². The van der Waals surface area contributed by atoms with Crippen molar-refractivity contribution in [3.8, 4) is 0 Å². The lowest BCUT2D eigenvalue weighted by molar-refractivity contribution is -0.566. The normalized spacial score (nSPS) is 12.6. The van der Waals surface area contributed by atoms with Crippen molar-refractivity contribution in [2.75, 3.05) is 26.4 Å². The highest BCUT2D eigenvalue weighted by atomic mass is 19.3. The summed E-state index contributed by atoms with van der Waals surface area (Å²) in [6, 6.07) is 0. The SMILES string of the molecule is C=C(C)C(=O)OCCNC(=O)OCC(F)(F)OC(F)(F)OC(F)(F)C(F)(F)OC(F)(F)COC(=O)NOC(=O)C(=C)C. The molecule has 0 spiro atoms. The van der Waals surface area contributed by atoms with E-state index in [9.17, 15) is 63.1 Å². The molecule has 0 saturated heterocycles. The number of halogens is 10. The maximum absolute atomic E-state index is 13.5. The smallest absolute Gasteiger partial charge is 0.460 e. The van der Waals surface area contributed by atoms with E-state index in [1.54, 1.807) is 5.32 Å². The molecule has 0 unspecified atom stereocenters. The Balaban J connectivity index is 4.97. The lowest BCUT2D eigenvalue weighted by atomic mass is 10.4. The van der Waals surface area contributed by atoms with Gasteiger partial charge in [-0.05, 0) is 13.8 Å². The van der Waals surface area contributed by atoms with Gasteiger partial charge in [0.1, 0.15) is 6.61 Å². The van der Waals surface area contributed by atoms with Gasteiger partial charge in [-0.25, -0.2) is 33.4 Å². The van der Waals surface area contributed by atoms with Gasteiger partial charge in [0.05, 0.1) is 6.54 Å². The fourth-order valence-electron chi connectivity index (χ4n) is 1.68. The molecule has 0 bridgehead atoms. The minimum Gasteiger partial charge on any atom is -0.460 e. The summed E-state index contributed by atoms with van der Waals surface area (Å²) in [5, 5.41) is 1.68. The van der Waals surface area contributed by atoms with Gasteiger partial charge < -0.3 is 24.4 Å². The quantitative estimate of drug-likeness (QED) is 0.0483. The van der Waals surface area contributed by atoms with Crippen molar-refractivity contribution in [2.45, 2.75) is 44.6 Å². The number of alkyl halides is 10. The molecular formula is C19H20F10N2O11. The van der Waals surface area contributed by atoms with Gasteiger partial charge in [-0.3, -0.25) is 0 Å². The van der Waals surface area contributed by atoms with E-state index in [-0.39, 0.29) is 11.1 Å². The van der Waals surface area contributed by atoms with E-state index in [1.807, 2.05) is 0 Å². The first-order chi connectivity index (χ1) is 18.8. The number of hydrogen-bond acceptors (Lipinski definition) is 11. The van der Waals surface area contributed by atoms with Gasteiger partial charge in [0.2, 0.25) is 0 Å². The highest BCUT2D eigenvalue weighted by Crippen LogP contribution is 2.44. The van der Waals surface area contributed by atoms with Crippen molar-refractivity contribution < 1.29 is 96.3 Å². The number of hydroxylamine groups is 1. The Bertz CT molecular complexity index is 1020. The van der Waals surface area contributed by atoms with Crippen LogP contribution in [0.4, 0.5) is 53.5 Å². The third-order valence-electron chi connectivity index (χ3n) is 3.40. The van der Waals surface area contributed by atoms with E-state index in [0.29, 0.717) is 0 Å². The highest BCUT2D eigenvalue weighted by Gasteiger charge is 2.69. The predicted molar refractivity (Wildman–Crippen MR) is 109 cm³/mol. The third-order valence-corrected chi connectivity index (χ3v) is 3.40. The summed E-state index contributed by atoms with van der Waals surface area (Å²) in [4.78, 5) is 48.3. The van der Waals surface area contributed by atoms with Crippen LogP contribution >= 0.6 is 0 Å². The number of esters is 1. The van der Waals surface area contributed by atoms with E-state index in [2.05, 4.69) is 46.4 Å². The minimum atomic E-state index is -6.84. The fourth-order valence-corrected chi connectivity index (χ4v) is 1.68. The molecule has 13 nitrogen and oxygen atoms in total. The molecule has 0 heterocycles. The van der Waals surface area contributed by atoms with Crippen LogP contribution in [0.25, 0.3) is 0 Å². The summed E-state index contributed by atoms with van der Waals surface area (Å²) in [6.45, 7) is 2.43. The predicted octanol–water partition coefficient (Wildman–Crippen LogP) is 3.56. The molecular weight excluding hydrogens is 622 g/mol. The molecule has 0 aromatic carbocycles. The molecule has 0 saturated carbocycles. The molecule has 0 atom stereocenters. The zero-order chi connectivity index (χ0) is 33.2. The molecule has 0 fully saturated rings. The molecule has 2 amide bonds. The Morgan fingerprint density at radius 1 is 0.643 bits per heavy atom. The van der Waals surface area contributed by atoms with Crippen molar-refractivity contribution in [1.29, 1.82) is 0 Å². The first kappa shape index (κ1) is 38.1. The summed E-state index contributed by atoms with van der Waals surface area (Å²) in [6.07, 6.45) is -34.8. The molecule has 23 heteroatoms. The van der Waals surface area contributed by atoms with Crippen LogP contribution in [0.3, 0.4) is 0 Å². The number of nitrogens with one attached hydrogen (secondary N) is 2. The molecule has 0 aromatic rings. The maximum Gasteiger partial charge on any atom is 0.495 e. The summed E-state index contributed by atoms with van der Waals surface area (Å²) in [7, 11) is 0. The Kier molecular flexibility index (Phi) is 13.5. The van der Waals surface area contributed by atoms with Gasteiger partial charge in [-0.2, -0.15) is 35.1 Å². The van der Waals surface area contributed by atoms with Crippen LogP contribution < -0.4 is 10.8 Å². The number of ether oxygens (including phenoxy) is 6. The van der Waals surface area contributed by atoms with Gasteiger partial charge in [0.15, 0.2) is 13.2 Å². The van der Waals surface area contributed by atoms with Crippen LogP contribution in [-0.4, -0.2) is 81.2 Å². The summed E-state index contributed by atoms with van der Waals surface area (Å²) >= 11 is 0. The molecule has 242 valence electrons. The Morgan fingerprint density at radius 2 is 1.10 bits per heavy atom. The molecule has 0 radical (unpaired) electrons. The van der Waals surface area contributed by atoms with Gasteiger partial charge in [0.25, 0.3) is 0 Å². The summed E-state index contributed by atoms with van der Waals surface area (Å²) in [5.74, 6) is -2.22. The second-order valence-corrected chi connectivity index (χ2v) is 7.34. The Labute approximate surface area is 227 Å². The van der Waals surface area contributed by atoms with Crippen LogP contribution in [-0.2, 0) is 42.8 Å². The number of alkyl carbamates (subject to hydrolysis) is 1. The van der Waals surface area contributed by atoms with Crippen molar-refractivity contribution in [3.63, 3.8) is 0 Å². The van der Waals surface area contributed by atoms with Gasteiger partial charge in [-0.15, -0.1) is 14.3 Å². The largest absolute Gasteiger partial charge is 0.495 e. The first-order valence-corrected chi connectivity index (χ1v) is 10.3. The zero-order valence-corrected chi connectivity index (χ0v) is 21.0. The van der Waals surface area contributed by atoms with Crippen LogP contribution in [0.5, 0.6) is 0 Å². The Hall–Kier alpha value is -3.86. The zero-order valence-electron chi connectivity index (χ0n) is 21.0. The van der Waals surface area contributed by atoms with E-state index in [0.717, 1.165) is 12.4 Å². The first-order valence-electron chi connectivity index (χ1n) is 10.3. The molecule has 0 aliphatic carbocycles. The van der Waals surface area contributed by atoms with Gasteiger partial charge >= 0.3 is 54.9 Å². The summed E-state index contributed by atoms with van der Waals surface area (Å²) in [5.41, 5.74) is 0.693. The van der Waals surface area contributed by atoms with E-state index < -0.39 is 81.2 Å². The van der Waals surface area contributed by atoms with Crippen LogP contribution in [0.1, 0.15) is 13.8 Å². The van der Waals surface area contributed by atoms with Crippen molar-refractivity contribution in [2.24, 2.45) is 0 Å². The molecule has 2 N–H and O–H groups in total. The lowest BCUT2D eigenvalue weighted by Gasteiger charge is -2.31. The van der Waals surface area contributed by atoms with Crippen LogP contribution in [0, 0.1) is 0 Å².